The van der Waals surface area contributed by atoms with Crippen LogP contribution < -0.4 is 5.32 Å². The predicted molar refractivity (Wildman–Crippen MR) is 51.1 cm³/mol. The van der Waals surface area contributed by atoms with E-state index < -0.39 is 0 Å². The minimum absolute atomic E-state index is 0.0370. The summed E-state index contributed by atoms with van der Waals surface area (Å²) < 4.78 is 5.13. The molecule has 3 heteroatoms. The third-order valence-corrected chi connectivity index (χ3v) is 1.89. The molecule has 0 aromatic heterocycles. The van der Waals surface area contributed by atoms with Crippen LogP contribution in [-0.2, 0) is 9.53 Å². The van der Waals surface area contributed by atoms with Crippen molar-refractivity contribution < 1.29 is 9.53 Å². The molecule has 0 fully saturated rings. The van der Waals surface area contributed by atoms with Crippen molar-refractivity contribution in [3.63, 3.8) is 0 Å². The Balaban J connectivity index is 0. The minimum Gasteiger partial charge on any atom is -0.377 e. The molecule has 0 aliphatic heterocycles. The highest BCUT2D eigenvalue weighted by Crippen LogP contribution is 2.11. The molecule has 0 aromatic carbocycles. The first-order chi connectivity index (χ1) is 5.54. The zero-order valence-electron chi connectivity index (χ0n) is 8.97. The molecule has 0 heterocycles. The topological polar surface area (TPSA) is 38.3 Å². The van der Waals surface area contributed by atoms with Gasteiger partial charge in [-0.3, -0.25) is 4.79 Å². The maximum absolute atomic E-state index is 10.0. The second kappa shape index (κ2) is 7.10. The van der Waals surface area contributed by atoms with E-state index in [0.717, 1.165) is 0 Å². The summed E-state index contributed by atoms with van der Waals surface area (Å²) in [6.07, 6.45) is 0.686. The summed E-state index contributed by atoms with van der Waals surface area (Å²) in [5, 5.41) is 2.63. The van der Waals surface area contributed by atoms with Gasteiger partial charge in [-0.1, -0.05) is 13.8 Å². The van der Waals surface area contributed by atoms with E-state index in [2.05, 4.69) is 5.32 Å². The van der Waals surface area contributed by atoms with E-state index in [1.54, 1.807) is 7.11 Å². The molecule has 3 nitrogen and oxygen atoms in total. The van der Waals surface area contributed by atoms with Gasteiger partial charge in [0.15, 0.2) is 0 Å². The molecular weight excluding hydrogens is 154 g/mol. The summed E-state index contributed by atoms with van der Waals surface area (Å²) in [4.78, 5) is 10.0. The second-order valence-corrected chi connectivity index (χ2v) is 2.81. The number of nitrogens with one attached hydrogen (secondary N) is 1. The molecule has 1 amide bonds. The Hall–Kier alpha value is -0.570. The monoisotopic (exact) mass is 175 g/mol. The van der Waals surface area contributed by atoms with Gasteiger partial charge >= 0.3 is 0 Å². The van der Waals surface area contributed by atoms with Crippen molar-refractivity contribution in [1.29, 1.82) is 0 Å². The molecule has 74 valence electrons. The van der Waals surface area contributed by atoms with Crippen molar-refractivity contribution in [3.05, 3.63) is 0 Å². The van der Waals surface area contributed by atoms with Crippen LogP contribution in [0.2, 0.25) is 0 Å². The average Bonchev–Trinajstić information content (AvgIpc) is 2.08. The highest BCUT2D eigenvalue weighted by Gasteiger charge is 2.24. The number of amides is 1. The highest BCUT2D eigenvalue weighted by atomic mass is 16.5. The van der Waals surface area contributed by atoms with Gasteiger partial charge in [-0.05, 0) is 20.8 Å². The number of hydrogen-bond acceptors (Lipinski definition) is 2. The zero-order chi connectivity index (χ0) is 10.2. The Morgan fingerprint density at radius 2 is 1.83 bits per heavy atom. The average molecular weight is 175 g/mol. The predicted octanol–water partition coefficient (Wildman–Crippen LogP) is 1.57. The molecule has 0 radical (unpaired) electrons. The fourth-order valence-electron chi connectivity index (χ4n) is 0.480. The lowest BCUT2D eigenvalue weighted by molar-refractivity contribution is -0.112. The fourth-order valence-corrected chi connectivity index (χ4v) is 0.480. The zero-order valence-corrected chi connectivity index (χ0v) is 8.97. The van der Waals surface area contributed by atoms with Crippen molar-refractivity contribution in [2.45, 2.75) is 46.3 Å². The largest absolute Gasteiger partial charge is 0.377 e. The Morgan fingerprint density at radius 3 is 2.08 bits per heavy atom. The third kappa shape index (κ3) is 5.13. The van der Waals surface area contributed by atoms with Crippen molar-refractivity contribution in [2.24, 2.45) is 0 Å². The van der Waals surface area contributed by atoms with E-state index in [9.17, 15) is 4.79 Å². The van der Waals surface area contributed by atoms with Crippen LogP contribution in [-0.4, -0.2) is 25.2 Å². The molecule has 0 spiro atoms. The molecule has 1 N–H and O–H groups in total. The number of methoxy groups -OCH3 is 1. The summed E-state index contributed by atoms with van der Waals surface area (Å²) in [6, 6.07) is 0.0370. The lowest BCUT2D eigenvalue weighted by Gasteiger charge is -2.29. The van der Waals surface area contributed by atoms with Gasteiger partial charge in [0.25, 0.3) is 0 Å². The number of carbonyl (C=O) groups is 1. The number of rotatable bonds is 4. The first-order valence-corrected chi connectivity index (χ1v) is 4.29. The molecule has 0 saturated carbocycles. The summed E-state index contributed by atoms with van der Waals surface area (Å²) in [6.45, 7) is 9.75. The van der Waals surface area contributed by atoms with Crippen LogP contribution in [0.15, 0.2) is 0 Å². The van der Waals surface area contributed by atoms with E-state index in [1.165, 1.54) is 0 Å². The summed E-state index contributed by atoms with van der Waals surface area (Å²) >= 11 is 0. The van der Waals surface area contributed by atoms with Crippen molar-refractivity contribution in [2.75, 3.05) is 7.11 Å². The number of hydrogen-bond donors (Lipinski definition) is 1. The summed E-state index contributed by atoms with van der Waals surface area (Å²) in [7, 11) is 1.63. The molecule has 0 bridgehead atoms. The van der Waals surface area contributed by atoms with E-state index in [-0.39, 0.29) is 11.6 Å². The van der Waals surface area contributed by atoms with Crippen LogP contribution in [0.1, 0.15) is 34.6 Å². The van der Waals surface area contributed by atoms with Crippen LogP contribution in [0.4, 0.5) is 0 Å². The lowest BCUT2D eigenvalue weighted by atomic mass is 10.0. The van der Waals surface area contributed by atoms with Gasteiger partial charge in [0, 0.05) is 7.11 Å². The Bertz CT molecular complexity index is 113. The summed E-state index contributed by atoms with van der Waals surface area (Å²) in [5.41, 5.74) is -0.291. The fraction of sp³-hybridized carbons (Fsp3) is 0.889. The first-order valence-electron chi connectivity index (χ1n) is 4.29. The normalized spacial score (nSPS) is 12.5. The molecule has 0 rings (SSSR count). The lowest BCUT2D eigenvalue weighted by Crippen LogP contribution is -2.45. The van der Waals surface area contributed by atoms with Crippen LogP contribution in [0.3, 0.4) is 0 Å². The van der Waals surface area contributed by atoms with Crippen LogP contribution in [0.5, 0.6) is 0 Å². The number of carbonyl (C=O) groups excluding carboxylic acids is 1. The number of ether oxygens (including phenoxy) is 1. The van der Waals surface area contributed by atoms with Crippen molar-refractivity contribution in [1.82, 2.24) is 5.32 Å². The second-order valence-electron chi connectivity index (χ2n) is 2.81. The van der Waals surface area contributed by atoms with Gasteiger partial charge in [-0.15, -0.1) is 0 Å². The van der Waals surface area contributed by atoms with Gasteiger partial charge in [0.2, 0.25) is 6.41 Å². The molecule has 0 aliphatic rings. The van der Waals surface area contributed by atoms with Gasteiger partial charge in [-0.25, -0.2) is 0 Å². The molecule has 1 unspecified atom stereocenters. The van der Waals surface area contributed by atoms with Crippen LogP contribution in [0, 0.1) is 0 Å². The summed E-state index contributed by atoms with van der Waals surface area (Å²) in [5.74, 6) is 0. The maximum atomic E-state index is 10.0. The SMILES string of the molecule is CC.COC(C)(C)C(C)NC=O. The van der Waals surface area contributed by atoms with E-state index in [1.807, 2.05) is 34.6 Å². The van der Waals surface area contributed by atoms with E-state index >= 15 is 0 Å². The van der Waals surface area contributed by atoms with Gasteiger partial charge in [0.1, 0.15) is 0 Å². The minimum atomic E-state index is -0.291. The Kier molecular flexibility index (Phi) is 8.27. The van der Waals surface area contributed by atoms with Gasteiger partial charge < -0.3 is 10.1 Å². The smallest absolute Gasteiger partial charge is 0.207 e. The Morgan fingerprint density at radius 1 is 1.42 bits per heavy atom. The third-order valence-electron chi connectivity index (χ3n) is 1.89. The van der Waals surface area contributed by atoms with Crippen LogP contribution in [0.25, 0.3) is 0 Å². The first kappa shape index (κ1) is 14.0. The molecule has 0 aliphatic carbocycles. The van der Waals surface area contributed by atoms with E-state index in [0.29, 0.717) is 6.41 Å². The van der Waals surface area contributed by atoms with E-state index in [4.69, 9.17) is 4.74 Å². The maximum Gasteiger partial charge on any atom is 0.207 e. The van der Waals surface area contributed by atoms with Crippen LogP contribution >= 0.6 is 0 Å². The molecule has 0 saturated heterocycles. The highest BCUT2D eigenvalue weighted by molar-refractivity contribution is 5.46. The van der Waals surface area contributed by atoms with Gasteiger partial charge in [0.05, 0.1) is 11.6 Å². The quantitative estimate of drug-likeness (QED) is 0.659. The van der Waals surface area contributed by atoms with Crippen molar-refractivity contribution in [3.8, 4) is 0 Å². The standard InChI is InChI=1S/C7H15NO2.C2H6/c1-6(8-5-9)7(2,3)10-4;1-2/h5-6H,1-4H3,(H,8,9);1-2H3. The molecule has 1 atom stereocenters. The Labute approximate surface area is 75.5 Å². The molecule has 12 heavy (non-hydrogen) atoms. The van der Waals surface area contributed by atoms with Crippen molar-refractivity contribution >= 4 is 6.41 Å². The molecule has 0 aromatic rings. The molecular formula is C9H21NO2. The van der Waals surface area contributed by atoms with Gasteiger partial charge in [-0.2, -0.15) is 0 Å².